The van der Waals surface area contributed by atoms with Crippen LogP contribution in [0.5, 0.6) is 0 Å². The molecule has 0 aromatic carbocycles. The minimum atomic E-state index is -3.38. The van der Waals surface area contributed by atoms with Crippen LogP contribution in [0.4, 0.5) is 0 Å². The van der Waals surface area contributed by atoms with E-state index in [-0.39, 0.29) is 17.4 Å². The van der Waals surface area contributed by atoms with Gasteiger partial charge in [-0.3, -0.25) is 4.79 Å². The van der Waals surface area contributed by atoms with Gasteiger partial charge in [0.1, 0.15) is 0 Å². The summed E-state index contributed by atoms with van der Waals surface area (Å²) in [6, 6.07) is 5.26. The summed E-state index contributed by atoms with van der Waals surface area (Å²) in [5.41, 5.74) is 0.980. The Morgan fingerprint density at radius 1 is 1.20 bits per heavy atom. The van der Waals surface area contributed by atoms with Crippen molar-refractivity contribution >= 4 is 10.2 Å². The molecule has 2 aliphatic rings. The molecule has 2 bridgehead atoms. The summed E-state index contributed by atoms with van der Waals surface area (Å²) in [4.78, 5) is 11.9. The van der Waals surface area contributed by atoms with Gasteiger partial charge < -0.3 is 4.57 Å². The first-order valence-corrected chi connectivity index (χ1v) is 8.16. The summed E-state index contributed by atoms with van der Waals surface area (Å²) in [6.45, 7) is 1.57. The molecule has 1 aromatic heterocycles. The van der Waals surface area contributed by atoms with Crippen molar-refractivity contribution in [3.63, 3.8) is 0 Å². The summed E-state index contributed by atoms with van der Waals surface area (Å²) < 4.78 is 29.2. The highest BCUT2D eigenvalue weighted by atomic mass is 32.2. The highest BCUT2D eigenvalue weighted by Crippen LogP contribution is 2.36. The van der Waals surface area contributed by atoms with Gasteiger partial charge in [-0.2, -0.15) is 17.0 Å². The number of rotatable bonds is 2. The van der Waals surface area contributed by atoms with Gasteiger partial charge in [-0.15, -0.1) is 0 Å². The fourth-order valence-electron chi connectivity index (χ4n) is 3.27. The Hall–Kier alpha value is -1.18. The van der Waals surface area contributed by atoms with Gasteiger partial charge in [0.2, 0.25) is 0 Å². The summed E-state index contributed by atoms with van der Waals surface area (Å²) in [5, 5.41) is 0. The molecule has 3 heterocycles. The van der Waals surface area contributed by atoms with Crippen molar-refractivity contribution in [1.82, 2.24) is 13.2 Å². The molecule has 2 atom stereocenters. The minimum absolute atomic E-state index is 0.0149. The van der Waals surface area contributed by atoms with Gasteiger partial charge >= 0.3 is 0 Å². The van der Waals surface area contributed by atoms with Crippen LogP contribution < -0.4 is 5.56 Å². The molecule has 0 saturated carbocycles. The Kier molecular flexibility index (Phi) is 3.23. The number of fused-ring (bicyclic) bond motifs is 4. The second-order valence-electron chi connectivity index (χ2n) is 5.81. The Balaban J connectivity index is 1.97. The normalized spacial score (nSPS) is 26.6. The van der Waals surface area contributed by atoms with Crippen molar-refractivity contribution in [3.8, 4) is 0 Å². The van der Waals surface area contributed by atoms with Gasteiger partial charge in [0.15, 0.2) is 0 Å². The largest absolute Gasteiger partial charge is 0.312 e. The quantitative estimate of drug-likeness (QED) is 0.776. The number of aromatic nitrogens is 1. The van der Waals surface area contributed by atoms with Gasteiger partial charge in [-0.05, 0) is 18.4 Å². The molecule has 0 unspecified atom stereocenters. The number of nitrogens with zero attached hydrogens (tertiary/aromatic N) is 3. The Labute approximate surface area is 118 Å². The first-order valence-electron chi connectivity index (χ1n) is 6.77. The van der Waals surface area contributed by atoms with E-state index in [1.54, 1.807) is 35.1 Å². The van der Waals surface area contributed by atoms with Crippen molar-refractivity contribution in [2.75, 3.05) is 27.2 Å². The zero-order chi connectivity index (χ0) is 14.5. The van der Waals surface area contributed by atoms with Crippen LogP contribution in [-0.4, -0.2) is 48.8 Å². The standard InChI is InChI=1S/C13H19N3O3S/c1-14(2)20(18,19)15-7-10-6-11(9-15)12-4-3-5-13(17)16(12)8-10/h3-5,10-11H,6-9H2,1-2H3/t10-,11-/m1/s1. The number of pyridine rings is 1. The van der Waals surface area contributed by atoms with E-state index in [0.29, 0.717) is 19.6 Å². The lowest BCUT2D eigenvalue weighted by Gasteiger charge is -2.42. The lowest BCUT2D eigenvalue weighted by molar-refractivity contribution is 0.180. The van der Waals surface area contributed by atoms with Crippen LogP contribution in [0.15, 0.2) is 23.0 Å². The molecule has 2 aliphatic heterocycles. The summed E-state index contributed by atoms with van der Waals surface area (Å²) >= 11 is 0. The van der Waals surface area contributed by atoms with Gasteiger partial charge in [-0.25, -0.2) is 0 Å². The summed E-state index contributed by atoms with van der Waals surface area (Å²) in [6.07, 6.45) is 0.961. The van der Waals surface area contributed by atoms with Crippen molar-refractivity contribution in [2.24, 2.45) is 5.92 Å². The first kappa shape index (κ1) is 13.8. The Bertz CT molecular complexity index is 680. The monoisotopic (exact) mass is 297 g/mol. The molecule has 3 rings (SSSR count). The smallest absolute Gasteiger partial charge is 0.281 e. The number of piperidine rings is 1. The van der Waals surface area contributed by atoms with E-state index in [9.17, 15) is 13.2 Å². The molecule has 0 aliphatic carbocycles. The van der Waals surface area contributed by atoms with Crippen molar-refractivity contribution < 1.29 is 8.42 Å². The maximum Gasteiger partial charge on any atom is 0.281 e. The van der Waals surface area contributed by atoms with E-state index in [4.69, 9.17) is 0 Å². The molecular weight excluding hydrogens is 278 g/mol. The van der Waals surface area contributed by atoms with Crippen LogP contribution in [0, 0.1) is 5.92 Å². The molecule has 1 saturated heterocycles. The van der Waals surface area contributed by atoms with Gasteiger partial charge in [0.05, 0.1) is 0 Å². The van der Waals surface area contributed by atoms with E-state index in [2.05, 4.69) is 0 Å². The third-order valence-electron chi connectivity index (χ3n) is 4.23. The van der Waals surface area contributed by atoms with Crippen LogP contribution in [0.2, 0.25) is 0 Å². The van der Waals surface area contributed by atoms with Gasteiger partial charge in [0.25, 0.3) is 15.8 Å². The zero-order valence-corrected chi connectivity index (χ0v) is 12.5. The maximum atomic E-state index is 12.3. The lowest BCUT2D eigenvalue weighted by Crippen LogP contribution is -2.51. The molecule has 0 amide bonds. The second-order valence-corrected chi connectivity index (χ2v) is 7.95. The van der Waals surface area contributed by atoms with Gasteiger partial charge in [0, 0.05) is 51.4 Å². The van der Waals surface area contributed by atoms with E-state index in [1.165, 1.54) is 4.31 Å². The van der Waals surface area contributed by atoms with Crippen LogP contribution >= 0.6 is 0 Å². The molecule has 7 heteroatoms. The average molecular weight is 297 g/mol. The molecular formula is C13H19N3O3S. The van der Waals surface area contributed by atoms with Crippen LogP contribution in [0.25, 0.3) is 0 Å². The van der Waals surface area contributed by atoms with Crippen molar-refractivity contribution in [2.45, 2.75) is 18.9 Å². The molecule has 0 radical (unpaired) electrons. The first-order chi connectivity index (χ1) is 9.39. The Morgan fingerprint density at radius 3 is 2.65 bits per heavy atom. The second kappa shape index (κ2) is 4.68. The zero-order valence-electron chi connectivity index (χ0n) is 11.7. The average Bonchev–Trinajstić information content (AvgIpc) is 2.39. The molecule has 1 fully saturated rings. The van der Waals surface area contributed by atoms with E-state index < -0.39 is 10.2 Å². The topological polar surface area (TPSA) is 62.6 Å². The van der Waals surface area contributed by atoms with E-state index >= 15 is 0 Å². The molecule has 0 spiro atoms. The fraction of sp³-hybridized carbons (Fsp3) is 0.615. The van der Waals surface area contributed by atoms with Crippen LogP contribution in [-0.2, 0) is 16.8 Å². The lowest BCUT2D eigenvalue weighted by atomic mass is 9.84. The SMILES string of the molecule is CN(C)S(=O)(=O)N1C[C@H]2C[C@H](C1)c1cccc(=O)n1C2. The predicted octanol–water partition coefficient (Wildman–Crippen LogP) is 0.0738. The van der Waals surface area contributed by atoms with E-state index in [0.717, 1.165) is 12.1 Å². The van der Waals surface area contributed by atoms with E-state index in [1.807, 2.05) is 6.07 Å². The predicted molar refractivity (Wildman–Crippen MR) is 75.7 cm³/mol. The summed E-state index contributed by atoms with van der Waals surface area (Å²) in [5.74, 6) is 0.335. The van der Waals surface area contributed by atoms with Crippen LogP contribution in [0.1, 0.15) is 18.0 Å². The van der Waals surface area contributed by atoms with Crippen molar-refractivity contribution in [3.05, 3.63) is 34.2 Å². The highest BCUT2D eigenvalue weighted by Gasteiger charge is 2.39. The maximum absolute atomic E-state index is 12.3. The molecule has 20 heavy (non-hydrogen) atoms. The summed E-state index contributed by atoms with van der Waals surface area (Å²) in [7, 11) is -0.268. The molecule has 1 aromatic rings. The molecule has 6 nitrogen and oxygen atoms in total. The van der Waals surface area contributed by atoms with Crippen molar-refractivity contribution in [1.29, 1.82) is 0 Å². The number of hydrogen-bond acceptors (Lipinski definition) is 3. The third-order valence-corrected chi connectivity index (χ3v) is 6.11. The van der Waals surface area contributed by atoms with Crippen LogP contribution in [0.3, 0.4) is 0 Å². The minimum Gasteiger partial charge on any atom is -0.312 e. The molecule has 110 valence electrons. The Morgan fingerprint density at radius 2 is 1.95 bits per heavy atom. The van der Waals surface area contributed by atoms with Gasteiger partial charge in [-0.1, -0.05) is 6.07 Å². The fourth-order valence-corrected chi connectivity index (χ4v) is 4.50. The highest BCUT2D eigenvalue weighted by molar-refractivity contribution is 7.86. The number of hydrogen-bond donors (Lipinski definition) is 0. The molecule has 0 N–H and O–H groups in total. The third kappa shape index (κ3) is 2.10.